The zero-order valence-electron chi connectivity index (χ0n) is 14.4. The van der Waals surface area contributed by atoms with Crippen LogP contribution in [0.2, 0.25) is 0 Å². The molecular formula is C19H27N4S+. The molecule has 0 radical (unpaired) electrons. The van der Waals surface area contributed by atoms with E-state index in [-0.39, 0.29) is 0 Å². The quantitative estimate of drug-likeness (QED) is 0.868. The van der Waals surface area contributed by atoms with Crippen molar-refractivity contribution in [1.29, 1.82) is 0 Å². The van der Waals surface area contributed by atoms with E-state index >= 15 is 0 Å². The fourth-order valence-electron chi connectivity index (χ4n) is 4.69. The number of fused-ring (bicyclic) bond motifs is 1. The van der Waals surface area contributed by atoms with E-state index in [0.29, 0.717) is 0 Å². The molecule has 2 aromatic rings. The van der Waals surface area contributed by atoms with Gasteiger partial charge in [-0.05, 0) is 44.3 Å². The maximum Gasteiger partial charge on any atom is 0.202 e. The van der Waals surface area contributed by atoms with Crippen molar-refractivity contribution >= 4 is 12.2 Å². The number of nitrogens with zero attached hydrogens (tertiary/aromatic N) is 3. The zero-order chi connectivity index (χ0) is 16.5. The molecule has 1 N–H and O–H groups in total. The van der Waals surface area contributed by atoms with Crippen LogP contribution < -0.4 is 4.90 Å². The Morgan fingerprint density at radius 2 is 1.88 bits per heavy atom. The van der Waals surface area contributed by atoms with Crippen molar-refractivity contribution in [2.24, 2.45) is 13.0 Å². The van der Waals surface area contributed by atoms with Gasteiger partial charge in [-0.3, -0.25) is 0 Å². The molecule has 1 unspecified atom stereocenters. The van der Waals surface area contributed by atoms with Crippen LogP contribution in [0.25, 0.3) is 11.4 Å². The van der Waals surface area contributed by atoms with E-state index < -0.39 is 0 Å². The highest BCUT2D eigenvalue weighted by Crippen LogP contribution is 2.28. The molecule has 2 heterocycles. The molecule has 1 aliphatic heterocycles. The van der Waals surface area contributed by atoms with Crippen molar-refractivity contribution in [3.05, 3.63) is 35.1 Å². The summed E-state index contributed by atoms with van der Waals surface area (Å²) in [6.45, 7) is 2.18. The number of hydrogen-bond donors (Lipinski definition) is 1. The monoisotopic (exact) mass is 343 g/mol. The Morgan fingerprint density at radius 1 is 1.12 bits per heavy atom. The van der Waals surface area contributed by atoms with Gasteiger partial charge in [0.2, 0.25) is 4.77 Å². The second kappa shape index (κ2) is 6.81. The summed E-state index contributed by atoms with van der Waals surface area (Å²) in [6, 6.07) is 11.2. The molecule has 2 fully saturated rings. The number of aromatic nitrogens is 3. The molecule has 5 heteroatoms. The minimum Gasteiger partial charge on any atom is -0.314 e. The summed E-state index contributed by atoms with van der Waals surface area (Å²) in [5.41, 5.74) is 1.13. The fourth-order valence-corrected chi connectivity index (χ4v) is 4.88. The molecule has 4 nitrogen and oxygen atoms in total. The molecule has 24 heavy (non-hydrogen) atoms. The third kappa shape index (κ3) is 2.95. The molecule has 1 aliphatic carbocycles. The van der Waals surface area contributed by atoms with E-state index in [9.17, 15) is 0 Å². The van der Waals surface area contributed by atoms with Gasteiger partial charge in [0.15, 0.2) is 12.5 Å². The van der Waals surface area contributed by atoms with Gasteiger partial charge in [0.05, 0.1) is 12.6 Å². The lowest BCUT2D eigenvalue weighted by Gasteiger charge is -2.40. The molecule has 0 amide bonds. The Morgan fingerprint density at radius 3 is 2.71 bits per heavy atom. The second-order valence-electron chi connectivity index (χ2n) is 7.39. The first-order valence-corrected chi connectivity index (χ1v) is 9.68. The number of hydrogen-bond acceptors (Lipinski definition) is 2. The molecule has 2 aliphatic rings. The van der Waals surface area contributed by atoms with Crippen LogP contribution in [0.3, 0.4) is 0 Å². The first-order valence-electron chi connectivity index (χ1n) is 9.28. The van der Waals surface area contributed by atoms with Crippen molar-refractivity contribution in [1.82, 2.24) is 14.3 Å². The lowest BCUT2D eigenvalue weighted by molar-refractivity contribution is -0.958. The molecule has 3 atom stereocenters. The van der Waals surface area contributed by atoms with Crippen molar-refractivity contribution in [3.8, 4) is 11.4 Å². The Bertz CT molecular complexity index is 746. The molecule has 1 aromatic carbocycles. The Labute approximate surface area is 149 Å². The number of quaternary nitrogens is 1. The standard InChI is InChI=1S/C19H26N4S/c1-21-18(16-9-3-2-4-10-16)20-23(19(21)24)14-22-13-7-11-15-8-5-6-12-17(15)22/h2-4,9-10,15,17H,5-8,11-14H2,1H3/p+1/t15-,17-/m0/s1. The van der Waals surface area contributed by atoms with Crippen LogP contribution in [-0.2, 0) is 13.7 Å². The van der Waals surface area contributed by atoms with Crippen LogP contribution in [-0.4, -0.2) is 26.9 Å². The molecule has 1 saturated heterocycles. The second-order valence-corrected chi connectivity index (χ2v) is 7.76. The smallest absolute Gasteiger partial charge is 0.202 e. The Kier molecular flexibility index (Phi) is 4.55. The summed E-state index contributed by atoms with van der Waals surface area (Å²) in [5.74, 6) is 1.89. The van der Waals surface area contributed by atoms with Gasteiger partial charge in [0.25, 0.3) is 0 Å². The summed E-state index contributed by atoms with van der Waals surface area (Å²) in [6.07, 6.45) is 8.41. The first kappa shape index (κ1) is 16.0. The van der Waals surface area contributed by atoms with Crippen LogP contribution >= 0.6 is 12.2 Å². The van der Waals surface area contributed by atoms with E-state index in [1.165, 1.54) is 45.1 Å². The average molecular weight is 344 g/mol. The number of piperidine rings is 1. The molecule has 0 spiro atoms. The predicted octanol–water partition coefficient (Wildman–Crippen LogP) is 2.81. The molecular weight excluding hydrogens is 316 g/mol. The summed E-state index contributed by atoms with van der Waals surface area (Å²) < 4.78 is 4.94. The lowest BCUT2D eigenvalue weighted by Crippen LogP contribution is -3.17. The van der Waals surface area contributed by atoms with E-state index in [1.807, 2.05) is 17.7 Å². The van der Waals surface area contributed by atoms with E-state index in [1.54, 1.807) is 4.90 Å². The van der Waals surface area contributed by atoms with Gasteiger partial charge >= 0.3 is 0 Å². The van der Waals surface area contributed by atoms with Crippen LogP contribution in [0, 0.1) is 10.7 Å². The first-order chi connectivity index (χ1) is 11.7. The number of benzene rings is 1. The van der Waals surface area contributed by atoms with Gasteiger partial charge in [-0.1, -0.05) is 36.8 Å². The SMILES string of the molecule is Cn1c(-c2ccccc2)nn(C[NH+]2CCC[C@@H]3CCCC[C@@H]32)c1=S. The highest BCUT2D eigenvalue weighted by molar-refractivity contribution is 7.71. The largest absolute Gasteiger partial charge is 0.314 e. The van der Waals surface area contributed by atoms with E-state index in [4.69, 9.17) is 17.3 Å². The summed E-state index contributed by atoms with van der Waals surface area (Å²) >= 11 is 5.68. The van der Waals surface area contributed by atoms with Crippen LogP contribution in [0.1, 0.15) is 38.5 Å². The van der Waals surface area contributed by atoms with Gasteiger partial charge in [-0.15, -0.1) is 5.10 Å². The van der Waals surface area contributed by atoms with Gasteiger partial charge in [-0.2, -0.15) is 4.68 Å². The average Bonchev–Trinajstić information content (AvgIpc) is 2.91. The van der Waals surface area contributed by atoms with Crippen molar-refractivity contribution in [2.75, 3.05) is 6.54 Å². The molecule has 1 aromatic heterocycles. The maximum absolute atomic E-state index is 5.68. The number of rotatable bonds is 3. The number of likely N-dealkylation sites (tertiary alicyclic amines) is 1. The topological polar surface area (TPSA) is 27.2 Å². The van der Waals surface area contributed by atoms with Gasteiger partial charge in [-0.25, -0.2) is 0 Å². The van der Waals surface area contributed by atoms with Gasteiger partial charge in [0.1, 0.15) is 0 Å². The molecule has 1 saturated carbocycles. The predicted molar refractivity (Wildman–Crippen MR) is 98.3 cm³/mol. The summed E-state index contributed by atoms with van der Waals surface area (Å²) in [7, 11) is 2.03. The highest BCUT2D eigenvalue weighted by atomic mass is 32.1. The summed E-state index contributed by atoms with van der Waals surface area (Å²) in [5, 5.41) is 4.87. The normalized spacial score (nSPS) is 27.0. The molecule has 0 bridgehead atoms. The van der Waals surface area contributed by atoms with Crippen LogP contribution in [0.4, 0.5) is 0 Å². The third-order valence-corrected chi connectivity index (χ3v) is 6.42. The highest BCUT2D eigenvalue weighted by Gasteiger charge is 2.36. The van der Waals surface area contributed by atoms with Gasteiger partial charge in [0, 0.05) is 18.5 Å². The zero-order valence-corrected chi connectivity index (χ0v) is 15.3. The lowest BCUT2D eigenvalue weighted by atomic mass is 9.78. The minimum absolute atomic E-state index is 0.816. The summed E-state index contributed by atoms with van der Waals surface area (Å²) in [4.78, 5) is 1.69. The van der Waals surface area contributed by atoms with Crippen molar-refractivity contribution < 1.29 is 4.90 Å². The fraction of sp³-hybridized carbons (Fsp3) is 0.579. The minimum atomic E-state index is 0.816. The molecule has 4 rings (SSSR count). The van der Waals surface area contributed by atoms with E-state index in [2.05, 4.69) is 28.9 Å². The van der Waals surface area contributed by atoms with Crippen molar-refractivity contribution in [2.45, 2.75) is 51.2 Å². The van der Waals surface area contributed by atoms with E-state index in [0.717, 1.165) is 34.8 Å². The molecule has 128 valence electrons. The Balaban J connectivity index is 1.60. The van der Waals surface area contributed by atoms with Crippen LogP contribution in [0.15, 0.2) is 30.3 Å². The van der Waals surface area contributed by atoms with Gasteiger partial charge < -0.3 is 9.47 Å². The number of nitrogens with one attached hydrogen (secondary N) is 1. The van der Waals surface area contributed by atoms with Crippen molar-refractivity contribution in [3.63, 3.8) is 0 Å². The Hall–Kier alpha value is -1.46. The van der Waals surface area contributed by atoms with Crippen LogP contribution in [0.5, 0.6) is 0 Å². The third-order valence-electron chi connectivity index (χ3n) is 5.93. The maximum atomic E-state index is 5.68.